The fourth-order valence-electron chi connectivity index (χ4n) is 2.27. The summed E-state index contributed by atoms with van der Waals surface area (Å²) >= 11 is 11.8. The molecule has 2 rings (SSSR count). The first kappa shape index (κ1) is 23.3. The predicted molar refractivity (Wildman–Crippen MR) is 115 cm³/mol. The summed E-state index contributed by atoms with van der Waals surface area (Å²) in [6.45, 7) is 0.0657. The smallest absolute Gasteiger partial charge is 0.255 e. The van der Waals surface area contributed by atoms with Crippen LogP contribution in [-0.2, 0) is 9.59 Å². The summed E-state index contributed by atoms with van der Waals surface area (Å²) in [6, 6.07) is 9.90. The number of carbonyl (C=O) groups is 2. The number of hydrazone groups is 1. The Morgan fingerprint density at radius 3 is 2.57 bits per heavy atom. The van der Waals surface area contributed by atoms with E-state index in [1.165, 1.54) is 13.3 Å². The number of carbonyl (C=O) groups excluding carboxylic acids is 2. The molecule has 0 fully saturated rings. The van der Waals surface area contributed by atoms with Crippen molar-refractivity contribution in [2.24, 2.45) is 10.8 Å². The molecule has 2 amide bonds. The van der Waals surface area contributed by atoms with Crippen LogP contribution in [0.1, 0.15) is 18.4 Å². The van der Waals surface area contributed by atoms with E-state index >= 15 is 0 Å². The molecule has 0 atom stereocenters. The molecule has 0 aliphatic rings. The van der Waals surface area contributed by atoms with Gasteiger partial charge in [0.25, 0.3) is 5.91 Å². The molecule has 0 aliphatic carbocycles. The van der Waals surface area contributed by atoms with Crippen LogP contribution in [0.4, 0.5) is 0 Å². The number of nitrogens with one attached hydrogen (secondary N) is 1. The van der Waals surface area contributed by atoms with Gasteiger partial charge in [-0.05, 0) is 48.4 Å². The van der Waals surface area contributed by atoms with Crippen molar-refractivity contribution in [3.05, 3.63) is 52.0 Å². The zero-order valence-electron chi connectivity index (χ0n) is 16.2. The maximum atomic E-state index is 11.9. The van der Waals surface area contributed by atoms with Crippen LogP contribution in [0.3, 0.4) is 0 Å². The molecular formula is C20H21Cl2N3O5. The Hall–Kier alpha value is -2.97. The van der Waals surface area contributed by atoms with Crippen LogP contribution in [0.25, 0.3) is 0 Å². The second-order valence-corrected chi connectivity index (χ2v) is 6.83. The van der Waals surface area contributed by atoms with E-state index in [1.807, 2.05) is 0 Å². The zero-order valence-corrected chi connectivity index (χ0v) is 17.7. The minimum Gasteiger partial charge on any atom is -0.493 e. The van der Waals surface area contributed by atoms with E-state index in [9.17, 15) is 9.59 Å². The van der Waals surface area contributed by atoms with Gasteiger partial charge in [-0.25, -0.2) is 5.43 Å². The molecule has 0 heterocycles. The molecule has 0 spiro atoms. The Balaban J connectivity index is 1.76. The molecule has 0 saturated carbocycles. The molecule has 160 valence electrons. The first-order valence-corrected chi connectivity index (χ1v) is 9.63. The summed E-state index contributed by atoms with van der Waals surface area (Å²) in [6.07, 6.45) is 2.17. The van der Waals surface area contributed by atoms with E-state index in [0.717, 1.165) is 0 Å². The van der Waals surface area contributed by atoms with Crippen molar-refractivity contribution in [2.75, 3.05) is 20.3 Å². The summed E-state index contributed by atoms with van der Waals surface area (Å²) in [5.41, 5.74) is 8.16. The SMILES string of the molecule is COc1cc(/C=N\NC(=O)CCCOc2ccc(Cl)cc2Cl)ccc1OCC(N)=O. The average Bonchev–Trinajstić information content (AvgIpc) is 2.71. The summed E-state index contributed by atoms with van der Waals surface area (Å²) in [5.74, 6) is 0.442. The number of nitrogens with zero attached hydrogens (tertiary/aromatic N) is 1. The van der Waals surface area contributed by atoms with Crippen molar-refractivity contribution in [1.82, 2.24) is 5.43 Å². The van der Waals surface area contributed by atoms with Crippen LogP contribution >= 0.6 is 23.2 Å². The summed E-state index contributed by atoms with van der Waals surface area (Å²) in [5, 5.41) is 4.85. The highest BCUT2D eigenvalue weighted by molar-refractivity contribution is 6.35. The van der Waals surface area contributed by atoms with E-state index in [0.29, 0.717) is 45.9 Å². The van der Waals surface area contributed by atoms with Gasteiger partial charge in [-0.3, -0.25) is 9.59 Å². The van der Waals surface area contributed by atoms with E-state index < -0.39 is 5.91 Å². The second kappa shape index (κ2) is 11.9. The number of hydrogen-bond acceptors (Lipinski definition) is 6. The number of halogens is 2. The number of amides is 2. The predicted octanol–water partition coefficient (Wildman–Crippen LogP) is 3.18. The Kier molecular flexibility index (Phi) is 9.24. The highest BCUT2D eigenvalue weighted by Crippen LogP contribution is 2.28. The fourth-order valence-corrected chi connectivity index (χ4v) is 2.74. The van der Waals surface area contributed by atoms with Gasteiger partial charge in [-0.2, -0.15) is 5.10 Å². The Morgan fingerprint density at radius 1 is 1.10 bits per heavy atom. The normalized spacial score (nSPS) is 10.6. The van der Waals surface area contributed by atoms with Crippen LogP contribution in [-0.4, -0.2) is 38.4 Å². The van der Waals surface area contributed by atoms with Gasteiger partial charge in [0.1, 0.15) is 5.75 Å². The lowest BCUT2D eigenvalue weighted by Gasteiger charge is -2.09. The van der Waals surface area contributed by atoms with Crippen LogP contribution in [0, 0.1) is 0 Å². The van der Waals surface area contributed by atoms with Gasteiger partial charge in [-0.15, -0.1) is 0 Å². The molecule has 30 heavy (non-hydrogen) atoms. The Morgan fingerprint density at radius 2 is 1.87 bits per heavy atom. The number of methoxy groups -OCH3 is 1. The van der Waals surface area contributed by atoms with E-state index in [2.05, 4.69) is 10.5 Å². The van der Waals surface area contributed by atoms with Crippen molar-refractivity contribution in [1.29, 1.82) is 0 Å². The van der Waals surface area contributed by atoms with Gasteiger partial charge in [0, 0.05) is 11.4 Å². The lowest BCUT2D eigenvalue weighted by Crippen LogP contribution is -2.20. The quantitative estimate of drug-likeness (QED) is 0.308. The standard InChI is InChI=1S/C20H21Cl2N3O5/c1-28-18-9-13(4-6-17(18)30-12-19(23)26)11-24-25-20(27)3-2-8-29-16-7-5-14(21)10-15(16)22/h4-7,9-11H,2-3,8,12H2,1H3,(H2,23,26)(H,25,27)/b24-11-. The van der Waals surface area contributed by atoms with Gasteiger partial charge in [-0.1, -0.05) is 23.2 Å². The van der Waals surface area contributed by atoms with E-state index in [1.54, 1.807) is 36.4 Å². The molecule has 3 N–H and O–H groups in total. The average molecular weight is 454 g/mol. The van der Waals surface area contributed by atoms with Crippen LogP contribution < -0.4 is 25.4 Å². The Labute approximate surface area is 183 Å². The van der Waals surface area contributed by atoms with Crippen LogP contribution in [0.2, 0.25) is 10.0 Å². The largest absolute Gasteiger partial charge is 0.493 e. The molecule has 0 bridgehead atoms. The molecule has 0 unspecified atom stereocenters. The first-order chi connectivity index (χ1) is 14.4. The number of hydrogen-bond donors (Lipinski definition) is 2. The van der Waals surface area contributed by atoms with Crippen molar-refractivity contribution in [3.63, 3.8) is 0 Å². The zero-order chi connectivity index (χ0) is 21.9. The minimum atomic E-state index is -0.591. The lowest BCUT2D eigenvalue weighted by atomic mass is 10.2. The highest BCUT2D eigenvalue weighted by atomic mass is 35.5. The maximum absolute atomic E-state index is 11.9. The van der Waals surface area contributed by atoms with Crippen molar-refractivity contribution in [3.8, 4) is 17.2 Å². The Bertz CT molecular complexity index is 921. The molecular weight excluding hydrogens is 433 g/mol. The molecule has 0 aromatic heterocycles. The van der Waals surface area contributed by atoms with E-state index in [4.69, 9.17) is 43.1 Å². The van der Waals surface area contributed by atoms with Gasteiger partial charge in [0.15, 0.2) is 18.1 Å². The van der Waals surface area contributed by atoms with Gasteiger partial charge >= 0.3 is 0 Å². The van der Waals surface area contributed by atoms with Crippen molar-refractivity contribution >= 4 is 41.2 Å². The monoisotopic (exact) mass is 453 g/mol. The topological polar surface area (TPSA) is 112 Å². The molecule has 0 radical (unpaired) electrons. The summed E-state index contributed by atoms with van der Waals surface area (Å²) < 4.78 is 16.0. The molecule has 10 heteroatoms. The third kappa shape index (κ3) is 7.81. The number of benzene rings is 2. The highest BCUT2D eigenvalue weighted by Gasteiger charge is 2.07. The lowest BCUT2D eigenvalue weighted by molar-refractivity contribution is -0.121. The molecule has 8 nitrogen and oxygen atoms in total. The molecule has 0 aliphatic heterocycles. The van der Waals surface area contributed by atoms with Gasteiger partial charge in [0.05, 0.1) is 25.0 Å². The third-order valence-corrected chi connectivity index (χ3v) is 4.19. The third-order valence-electron chi connectivity index (χ3n) is 3.66. The van der Waals surface area contributed by atoms with Gasteiger partial charge in [0.2, 0.25) is 5.91 Å². The summed E-state index contributed by atoms with van der Waals surface area (Å²) in [7, 11) is 1.47. The number of primary amides is 1. The van der Waals surface area contributed by atoms with Crippen molar-refractivity contribution in [2.45, 2.75) is 12.8 Å². The maximum Gasteiger partial charge on any atom is 0.255 e. The fraction of sp³-hybridized carbons (Fsp3) is 0.250. The van der Waals surface area contributed by atoms with Crippen molar-refractivity contribution < 1.29 is 23.8 Å². The molecule has 2 aromatic carbocycles. The van der Waals surface area contributed by atoms with Gasteiger partial charge < -0.3 is 19.9 Å². The minimum absolute atomic E-state index is 0.228. The number of rotatable bonds is 11. The first-order valence-electron chi connectivity index (χ1n) is 8.88. The summed E-state index contributed by atoms with van der Waals surface area (Å²) in [4.78, 5) is 22.7. The van der Waals surface area contributed by atoms with E-state index in [-0.39, 0.29) is 18.9 Å². The second-order valence-electron chi connectivity index (χ2n) is 5.99. The van der Waals surface area contributed by atoms with Crippen LogP contribution in [0.15, 0.2) is 41.5 Å². The number of ether oxygens (including phenoxy) is 3. The van der Waals surface area contributed by atoms with Crippen LogP contribution in [0.5, 0.6) is 17.2 Å². The molecule has 0 saturated heterocycles. The number of nitrogens with two attached hydrogens (primary N) is 1. The molecule has 2 aromatic rings.